The van der Waals surface area contributed by atoms with E-state index in [2.05, 4.69) is 25.8 Å². The second-order valence-corrected chi connectivity index (χ2v) is 12.5. The summed E-state index contributed by atoms with van der Waals surface area (Å²) in [7, 11) is -3.75. The topological polar surface area (TPSA) is 93.6 Å². The lowest BCUT2D eigenvalue weighted by atomic mass is 9.72. The van der Waals surface area contributed by atoms with E-state index < -0.39 is 32.9 Å². The number of nitrogens with zero attached hydrogens (tertiary/aromatic N) is 2. The summed E-state index contributed by atoms with van der Waals surface area (Å²) in [6, 6.07) is 10.4. The maximum absolute atomic E-state index is 13.3. The number of ketones is 1. The van der Waals surface area contributed by atoms with Crippen LogP contribution in [0.15, 0.2) is 58.2 Å². The molecule has 2 aliphatic rings. The zero-order valence-corrected chi connectivity index (χ0v) is 22.2. The molecule has 0 bridgehead atoms. The monoisotopic (exact) mass is 562 g/mol. The van der Waals surface area contributed by atoms with Crippen LogP contribution in [0.25, 0.3) is 0 Å². The molecule has 3 unspecified atom stereocenters. The Bertz CT molecular complexity index is 1130. The summed E-state index contributed by atoms with van der Waals surface area (Å²) in [5.74, 6) is -1.53. The standard InChI is InChI=1S/C26H31BrN2O5S/c1-2-34-26(31)24-16-22(35(32,33)21-5-3-19(27)4-6-21)17-25(30)23(24)15-18-9-13-29(14-10-18)20-7-11-28-12-8-20/h3-8,11-12,18,22-24H,2,9-10,13-17H2,1H3. The first-order valence-electron chi connectivity index (χ1n) is 12.1. The molecule has 2 fully saturated rings. The van der Waals surface area contributed by atoms with Crippen LogP contribution in [0.4, 0.5) is 5.69 Å². The van der Waals surface area contributed by atoms with Crippen LogP contribution in [0.5, 0.6) is 0 Å². The molecular formula is C26H31BrN2O5S. The molecule has 1 saturated carbocycles. The van der Waals surface area contributed by atoms with Crippen molar-refractivity contribution in [3.05, 3.63) is 53.3 Å². The predicted molar refractivity (Wildman–Crippen MR) is 137 cm³/mol. The van der Waals surface area contributed by atoms with Crippen molar-refractivity contribution in [1.82, 2.24) is 4.98 Å². The third-order valence-corrected chi connectivity index (χ3v) is 9.94. The van der Waals surface area contributed by atoms with Gasteiger partial charge in [0, 0.05) is 48.0 Å². The Labute approximate surface area is 215 Å². The fourth-order valence-electron chi connectivity index (χ4n) is 5.33. The Balaban J connectivity index is 1.47. The molecule has 9 heteroatoms. The van der Waals surface area contributed by atoms with E-state index in [1.54, 1.807) is 31.5 Å². The largest absolute Gasteiger partial charge is 0.466 e. The smallest absolute Gasteiger partial charge is 0.309 e. The first-order chi connectivity index (χ1) is 16.8. The van der Waals surface area contributed by atoms with Crippen molar-refractivity contribution in [2.75, 3.05) is 24.6 Å². The number of hydrogen-bond donors (Lipinski definition) is 0. The van der Waals surface area contributed by atoms with E-state index in [0.717, 1.165) is 36.1 Å². The summed E-state index contributed by atoms with van der Waals surface area (Å²) in [4.78, 5) is 32.8. The molecule has 1 aromatic heterocycles. The molecule has 1 saturated heterocycles. The van der Waals surface area contributed by atoms with Crippen LogP contribution in [0.3, 0.4) is 0 Å². The number of rotatable bonds is 7. The van der Waals surface area contributed by atoms with Crippen molar-refractivity contribution >= 4 is 43.2 Å². The Morgan fingerprint density at radius 3 is 2.40 bits per heavy atom. The lowest BCUT2D eigenvalue weighted by molar-refractivity contribution is -0.154. The van der Waals surface area contributed by atoms with Gasteiger partial charge in [0.15, 0.2) is 9.84 Å². The summed E-state index contributed by atoms with van der Waals surface area (Å²) in [6.45, 7) is 3.67. The average Bonchev–Trinajstić information content (AvgIpc) is 2.86. The lowest BCUT2D eigenvalue weighted by Crippen LogP contribution is -2.44. The number of aromatic nitrogens is 1. The number of ether oxygens (including phenoxy) is 1. The third kappa shape index (κ3) is 5.94. The van der Waals surface area contributed by atoms with Gasteiger partial charge in [-0.2, -0.15) is 0 Å². The number of Topliss-reactive ketones (excluding diaryl/α,β-unsaturated/α-hetero) is 1. The number of halogens is 1. The molecule has 1 aliphatic carbocycles. The average molecular weight is 564 g/mol. The molecule has 188 valence electrons. The molecule has 1 aromatic carbocycles. The van der Waals surface area contributed by atoms with Crippen LogP contribution >= 0.6 is 15.9 Å². The van der Waals surface area contributed by atoms with Crippen molar-refractivity contribution in [1.29, 1.82) is 0 Å². The van der Waals surface area contributed by atoms with Crippen LogP contribution in [-0.4, -0.2) is 50.1 Å². The van der Waals surface area contributed by atoms with Gasteiger partial charge in [-0.05, 0) is 74.9 Å². The van der Waals surface area contributed by atoms with E-state index in [0.29, 0.717) is 12.3 Å². The molecule has 0 amide bonds. The molecule has 35 heavy (non-hydrogen) atoms. The Morgan fingerprint density at radius 1 is 1.11 bits per heavy atom. The number of benzene rings is 1. The second-order valence-electron chi connectivity index (χ2n) is 9.36. The molecule has 7 nitrogen and oxygen atoms in total. The second kappa shape index (κ2) is 11.2. The van der Waals surface area contributed by atoms with Crippen LogP contribution in [0.2, 0.25) is 0 Å². The highest BCUT2D eigenvalue weighted by atomic mass is 79.9. The van der Waals surface area contributed by atoms with E-state index in [-0.39, 0.29) is 30.1 Å². The third-order valence-electron chi connectivity index (χ3n) is 7.24. The minimum absolute atomic E-state index is 0.0607. The van der Waals surface area contributed by atoms with Crippen LogP contribution in [0, 0.1) is 17.8 Å². The molecule has 4 rings (SSSR count). The number of carbonyl (C=O) groups excluding carboxylic acids is 2. The molecule has 2 aromatic rings. The Kier molecular flexibility index (Phi) is 8.27. The molecule has 1 aliphatic heterocycles. The number of esters is 1. The Hall–Kier alpha value is -2.26. The summed E-state index contributed by atoms with van der Waals surface area (Å²) in [6.07, 6.45) is 6.05. The molecule has 0 radical (unpaired) electrons. The van der Waals surface area contributed by atoms with E-state index in [1.165, 1.54) is 12.1 Å². The Morgan fingerprint density at radius 2 is 1.77 bits per heavy atom. The van der Waals surface area contributed by atoms with Gasteiger partial charge in [-0.25, -0.2) is 8.42 Å². The normalized spacial score (nSPS) is 23.8. The van der Waals surface area contributed by atoms with Crippen LogP contribution < -0.4 is 4.90 Å². The fraction of sp³-hybridized carbons (Fsp3) is 0.500. The highest BCUT2D eigenvalue weighted by Crippen LogP contribution is 2.40. The molecule has 0 spiro atoms. The quantitative estimate of drug-likeness (QED) is 0.460. The first kappa shape index (κ1) is 25.8. The van der Waals surface area contributed by atoms with Crippen molar-refractivity contribution in [3.8, 4) is 0 Å². The van der Waals surface area contributed by atoms with Gasteiger partial charge < -0.3 is 9.64 Å². The van der Waals surface area contributed by atoms with E-state index in [4.69, 9.17) is 4.74 Å². The maximum Gasteiger partial charge on any atom is 0.309 e. The van der Waals surface area contributed by atoms with Gasteiger partial charge in [-0.3, -0.25) is 14.6 Å². The number of carbonyl (C=O) groups is 2. The van der Waals surface area contributed by atoms with Crippen LogP contribution in [-0.2, 0) is 24.2 Å². The summed E-state index contributed by atoms with van der Waals surface area (Å²) >= 11 is 3.32. The molecule has 3 atom stereocenters. The molecule has 0 N–H and O–H groups in total. The van der Waals surface area contributed by atoms with Gasteiger partial charge in [0.2, 0.25) is 0 Å². The van der Waals surface area contributed by atoms with Crippen molar-refractivity contribution in [2.45, 2.75) is 49.2 Å². The number of sulfone groups is 1. The van der Waals surface area contributed by atoms with Gasteiger partial charge in [0.05, 0.1) is 22.7 Å². The van der Waals surface area contributed by atoms with Gasteiger partial charge in [-0.1, -0.05) is 15.9 Å². The SMILES string of the molecule is CCOC(=O)C1CC(S(=O)(=O)c2ccc(Br)cc2)CC(=O)C1CC1CCN(c2ccncc2)CC1. The lowest BCUT2D eigenvalue weighted by Gasteiger charge is -2.38. The van der Waals surface area contributed by atoms with Gasteiger partial charge in [-0.15, -0.1) is 0 Å². The highest BCUT2D eigenvalue weighted by molar-refractivity contribution is 9.10. The van der Waals surface area contributed by atoms with Crippen molar-refractivity contribution in [2.24, 2.45) is 17.8 Å². The predicted octanol–water partition coefficient (Wildman–Crippen LogP) is 4.45. The zero-order valence-electron chi connectivity index (χ0n) is 19.8. The summed E-state index contributed by atoms with van der Waals surface area (Å²) < 4.78 is 32.7. The van der Waals surface area contributed by atoms with Crippen LogP contribution in [0.1, 0.15) is 39.0 Å². The number of piperidine rings is 1. The zero-order chi connectivity index (χ0) is 25.0. The highest BCUT2D eigenvalue weighted by Gasteiger charge is 2.46. The van der Waals surface area contributed by atoms with Gasteiger partial charge in [0.25, 0.3) is 0 Å². The molecule has 2 heterocycles. The number of anilines is 1. The van der Waals surface area contributed by atoms with E-state index in [1.807, 2.05) is 12.1 Å². The van der Waals surface area contributed by atoms with E-state index >= 15 is 0 Å². The summed E-state index contributed by atoms with van der Waals surface area (Å²) in [5.41, 5.74) is 1.14. The molecular weight excluding hydrogens is 532 g/mol. The minimum atomic E-state index is -3.75. The van der Waals surface area contributed by atoms with Gasteiger partial charge in [0.1, 0.15) is 5.78 Å². The maximum atomic E-state index is 13.3. The van der Waals surface area contributed by atoms with Gasteiger partial charge >= 0.3 is 5.97 Å². The first-order valence-corrected chi connectivity index (χ1v) is 14.5. The minimum Gasteiger partial charge on any atom is -0.466 e. The van der Waals surface area contributed by atoms with Crippen molar-refractivity contribution in [3.63, 3.8) is 0 Å². The van der Waals surface area contributed by atoms with Crippen molar-refractivity contribution < 1.29 is 22.7 Å². The fourth-order valence-corrected chi connectivity index (χ4v) is 7.34. The number of pyridine rings is 1. The number of hydrogen-bond acceptors (Lipinski definition) is 7. The summed E-state index contributed by atoms with van der Waals surface area (Å²) in [5, 5.41) is -0.921. The van der Waals surface area contributed by atoms with E-state index in [9.17, 15) is 18.0 Å².